The van der Waals surface area contributed by atoms with Crippen molar-refractivity contribution in [2.75, 3.05) is 11.9 Å². The SMILES string of the molecule is O=C(CCNC(=O)c1cccs1)Nc1ccc(C(=O)O)s1. The third-order valence-electron chi connectivity index (χ3n) is 2.46. The van der Waals surface area contributed by atoms with Gasteiger partial charge in [-0.15, -0.1) is 22.7 Å². The molecule has 6 nitrogen and oxygen atoms in total. The number of rotatable bonds is 6. The van der Waals surface area contributed by atoms with Crippen LogP contribution in [-0.4, -0.2) is 29.4 Å². The van der Waals surface area contributed by atoms with Gasteiger partial charge in [-0.2, -0.15) is 0 Å². The summed E-state index contributed by atoms with van der Waals surface area (Å²) >= 11 is 2.32. The molecule has 0 unspecified atom stereocenters. The number of nitrogens with one attached hydrogen (secondary N) is 2. The summed E-state index contributed by atoms with van der Waals surface area (Å²) in [5.41, 5.74) is 0. The Kier molecular flexibility index (Phi) is 5.07. The van der Waals surface area contributed by atoms with E-state index >= 15 is 0 Å². The molecule has 0 saturated heterocycles. The summed E-state index contributed by atoms with van der Waals surface area (Å²) in [5, 5.41) is 16.3. The largest absolute Gasteiger partial charge is 0.477 e. The van der Waals surface area contributed by atoms with Crippen LogP contribution in [0, 0.1) is 0 Å². The van der Waals surface area contributed by atoms with Gasteiger partial charge in [0.25, 0.3) is 5.91 Å². The van der Waals surface area contributed by atoms with Crippen molar-refractivity contribution in [2.45, 2.75) is 6.42 Å². The molecule has 0 aliphatic rings. The van der Waals surface area contributed by atoms with Crippen LogP contribution in [0.25, 0.3) is 0 Å². The third kappa shape index (κ3) is 4.40. The number of amides is 2. The highest BCUT2D eigenvalue weighted by Gasteiger charge is 2.10. The van der Waals surface area contributed by atoms with Crippen LogP contribution in [0.4, 0.5) is 5.00 Å². The van der Waals surface area contributed by atoms with E-state index < -0.39 is 5.97 Å². The van der Waals surface area contributed by atoms with Gasteiger partial charge in [0.15, 0.2) is 0 Å². The monoisotopic (exact) mass is 324 g/mol. The van der Waals surface area contributed by atoms with Gasteiger partial charge in [0, 0.05) is 13.0 Å². The van der Waals surface area contributed by atoms with Crippen LogP contribution in [0.15, 0.2) is 29.6 Å². The van der Waals surface area contributed by atoms with Crippen molar-refractivity contribution in [3.63, 3.8) is 0 Å². The maximum atomic E-state index is 11.7. The van der Waals surface area contributed by atoms with Crippen LogP contribution in [0.1, 0.15) is 25.8 Å². The van der Waals surface area contributed by atoms with Crippen molar-refractivity contribution in [2.24, 2.45) is 0 Å². The van der Waals surface area contributed by atoms with Crippen LogP contribution in [0.3, 0.4) is 0 Å². The molecule has 110 valence electrons. The van der Waals surface area contributed by atoms with Crippen LogP contribution in [-0.2, 0) is 4.79 Å². The van der Waals surface area contributed by atoms with E-state index in [1.54, 1.807) is 17.5 Å². The zero-order valence-corrected chi connectivity index (χ0v) is 12.4. The smallest absolute Gasteiger partial charge is 0.345 e. The van der Waals surface area contributed by atoms with Gasteiger partial charge < -0.3 is 15.7 Å². The van der Waals surface area contributed by atoms with Crippen LogP contribution in [0.5, 0.6) is 0 Å². The Morgan fingerprint density at radius 2 is 1.95 bits per heavy atom. The van der Waals surface area contributed by atoms with Crippen LogP contribution < -0.4 is 10.6 Å². The first-order valence-corrected chi connectivity index (χ1v) is 7.70. The molecule has 0 aliphatic carbocycles. The molecule has 8 heteroatoms. The minimum absolute atomic E-state index is 0.122. The molecule has 2 rings (SSSR count). The second-order valence-electron chi connectivity index (χ2n) is 4.00. The van der Waals surface area contributed by atoms with Gasteiger partial charge >= 0.3 is 5.97 Å². The number of hydrogen-bond acceptors (Lipinski definition) is 5. The predicted molar refractivity (Wildman–Crippen MR) is 81.2 cm³/mol. The quantitative estimate of drug-likeness (QED) is 0.759. The predicted octanol–water partition coefficient (Wildman–Crippen LogP) is 2.27. The van der Waals surface area contributed by atoms with E-state index in [4.69, 9.17) is 5.11 Å². The first-order chi connectivity index (χ1) is 10.1. The molecule has 0 aromatic carbocycles. The highest BCUT2D eigenvalue weighted by atomic mass is 32.1. The fraction of sp³-hybridized carbons (Fsp3) is 0.154. The molecular weight excluding hydrogens is 312 g/mol. The molecule has 0 aliphatic heterocycles. The molecule has 0 bridgehead atoms. The Morgan fingerprint density at radius 3 is 2.57 bits per heavy atom. The standard InChI is InChI=1S/C13H12N2O4S2/c16-10(15-11-4-3-9(21-11)13(18)19)5-6-14-12(17)8-2-1-7-20-8/h1-4,7H,5-6H2,(H,14,17)(H,15,16)(H,18,19). The van der Waals surface area contributed by atoms with E-state index in [2.05, 4.69) is 10.6 Å². The number of anilines is 1. The number of thiophene rings is 2. The van der Waals surface area contributed by atoms with E-state index in [1.807, 2.05) is 0 Å². The van der Waals surface area contributed by atoms with Crippen LogP contribution in [0.2, 0.25) is 0 Å². The molecule has 3 N–H and O–H groups in total. The lowest BCUT2D eigenvalue weighted by Crippen LogP contribution is -2.26. The topological polar surface area (TPSA) is 95.5 Å². The summed E-state index contributed by atoms with van der Waals surface area (Å²) in [7, 11) is 0. The highest BCUT2D eigenvalue weighted by Crippen LogP contribution is 2.21. The van der Waals surface area contributed by atoms with Crippen molar-refractivity contribution >= 4 is 45.5 Å². The highest BCUT2D eigenvalue weighted by molar-refractivity contribution is 7.18. The zero-order chi connectivity index (χ0) is 15.2. The van der Waals surface area contributed by atoms with Crippen molar-refractivity contribution in [1.82, 2.24) is 5.32 Å². The number of hydrogen-bond donors (Lipinski definition) is 3. The number of carbonyl (C=O) groups is 3. The van der Waals surface area contributed by atoms with Crippen LogP contribution >= 0.6 is 22.7 Å². The maximum Gasteiger partial charge on any atom is 0.345 e. The van der Waals surface area contributed by atoms with Gasteiger partial charge in [-0.3, -0.25) is 9.59 Å². The molecule has 2 amide bonds. The van der Waals surface area contributed by atoms with Gasteiger partial charge in [0.2, 0.25) is 5.91 Å². The number of carboxylic acids is 1. The molecule has 2 aromatic rings. The minimum Gasteiger partial charge on any atom is -0.477 e. The average molecular weight is 324 g/mol. The zero-order valence-electron chi connectivity index (χ0n) is 10.8. The summed E-state index contributed by atoms with van der Waals surface area (Å²) in [4.78, 5) is 34.8. The van der Waals surface area contributed by atoms with Gasteiger partial charge in [-0.05, 0) is 23.6 Å². The van der Waals surface area contributed by atoms with Crippen molar-refractivity contribution < 1.29 is 19.5 Å². The van der Waals surface area contributed by atoms with E-state index in [1.165, 1.54) is 23.5 Å². The lowest BCUT2D eigenvalue weighted by atomic mass is 10.3. The number of aromatic carboxylic acids is 1. The minimum atomic E-state index is -1.02. The molecule has 2 aromatic heterocycles. The Balaban J connectivity index is 1.74. The molecule has 0 radical (unpaired) electrons. The lowest BCUT2D eigenvalue weighted by Gasteiger charge is -2.04. The van der Waals surface area contributed by atoms with Crippen molar-refractivity contribution in [3.8, 4) is 0 Å². The molecule has 21 heavy (non-hydrogen) atoms. The molecule has 2 heterocycles. The van der Waals surface area contributed by atoms with E-state index in [0.717, 1.165) is 11.3 Å². The summed E-state index contributed by atoms with van der Waals surface area (Å²) < 4.78 is 0. The number of carbonyl (C=O) groups excluding carboxylic acids is 2. The number of carboxylic acid groups (broad SMARTS) is 1. The first kappa shape index (κ1) is 15.2. The fourth-order valence-electron chi connectivity index (χ4n) is 1.50. The molecule has 0 saturated carbocycles. The molecular formula is C13H12N2O4S2. The second kappa shape index (κ2) is 7.00. The van der Waals surface area contributed by atoms with Gasteiger partial charge in [0.1, 0.15) is 4.88 Å². The van der Waals surface area contributed by atoms with Crippen molar-refractivity contribution in [3.05, 3.63) is 39.4 Å². The second-order valence-corrected chi connectivity index (χ2v) is 6.03. The van der Waals surface area contributed by atoms with E-state index in [9.17, 15) is 14.4 Å². The summed E-state index contributed by atoms with van der Waals surface area (Å²) in [6.45, 7) is 0.222. The average Bonchev–Trinajstić information content (AvgIpc) is 3.09. The third-order valence-corrected chi connectivity index (χ3v) is 4.32. The Bertz CT molecular complexity index is 649. The van der Waals surface area contributed by atoms with Gasteiger partial charge in [-0.1, -0.05) is 6.07 Å². The van der Waals surface area contributed by atoms with E-state index in [0.29, 0.717) is 9.88 Å². The summed E-state index contributed by atoms with van der Waals surface area (Å²) in [5.74, 6) is -1.51. The summed E-state index contributed by atoms with van der Waals surface area (Å²) in [6.07, 6.45) is 0.122. The Labute approximate surface area is 128 Å². The first-order valence-electron chi connectivity index (χ1n) is 6.01. The molecule has 0 spiro atoms. The maximum absolute atomic E-state index is 11.7. The molecule has 0 atom stereocenters. The van der Waals surface area contributed by atoms with Gasteiger partial charge in [0.05, 0.1) is 9.88 Å². The Morgan fingerprint density at radius 1 is 1.14 bits per heavy atom. The Hall–Kier alpha value is -2.19. The fourth-order valence-corrected chi connectivity index (χ4v) is 2.91. The summed E-state index contributed by atoms with van der Waals surface area (Å²) in [6, 6.07) is 6.46. The lowest BCUT2D eigenvalue weighted by molar-refractivity contribution is -0.116. The van der Waals surface area contributed by atoms with Crippen molar-refractivity contribution in [1.29, 1.82) is 0 Å². The normalized spacial score (nSPS) is 10.1. The van der Waals surface area contributed by atoms with Gasteiger partial charge in [-0.25, -0.2) is 4.79 Å². The molecule has 0 fully saturated rings. The van der Waals surface area contributed by atoms with E-state index in [-0.39, 0.29) is 29.7 Å².